The van der Waals surface area contributed by atoms with Crippen LogP contribution in [0.1, 0.15) is 12.8 Å². The van der Waals surface area contributed by atoms with Crippen LogP contribution in [0.15, 0.2) is 23.7 Å². The average molecular weight is 360 g/mol. The van der Waals surface area contributed by atoms with Crippen LogP contribution < -0.4 is 4.90 Å². The Hall–Kier alpha value is -1.86. The summed E-state index contributed by atoms with van der Waals surface area (Å²) in [4.78, 5) is 23.4. The van der Waals surface area contributed by atoms with Crippen LogP contribution >= 0.6 is 11.3 Å². The molecule has 0 aliphatic carbocycles. The quantitative estimate of drug-likeness (QED) is 0.826. The van der Waals surface area contributed by atoms with Gasteiger partial charge in [0.2, 0.25) is 0 Å². The highest BCUT2D eigenvalue weighted by atomic mass is 32.1. The van der Waals surface area contributed by atoms with Gasteiger partial charge in [-0.05, 0) is 30.4 Å². The molecule has 2 aromatic heterocycles. The minimum atomic E-state index is 0.145. The Morgan fingerprint density at radius 2 is 2.00 bits per heavy atom. The zero-order chi connectivity index (χ0) is 17.2. The number of amides is 2. The predicted octanol–water partition coefficient (Wildman–Crippen LogP) is 2.65. The van der Waals surface area contributed by atoms with Crippen LogP contribution in [-0.4, -0.2) is 73.3 Å². The molecular weight excluding hydrogens is 336 g/mol. The SMILES string of the molecule is CN(C(=O)N1CCOCC1)C1CCN(c2ccnc3ccsc23)CC1. The number of carbonyl (C=O) groups is 1. The standard InChI is InChI=1S/C18H24N4O2S/c1-20(18(23)22-9-11-24-12-10-22)14-3-7-21(8-4-14)16-2-6-19-15-5-13-25-17(15)16/h2,5-6,13-14H,3-4,7-12H2,1H3. The van der Waals surface area contributed by atoms with Crippen molar-refractivity contribution in [1.82, 2.24) is 14.8 Å². The minimum absolute atomic E-state index is 0.145. The molecule has 2 saturated heterocycles. The second-order valence-electron chi connectivity index (χ2n) is 6.68. The predicted molar refractivity (Wildman–Crippen MR) is 100 cm³/mol. The van der Waals surface area contributed by atoms with E-state index < -0.39 is 0 Å². The number of anilines is 1. The van der Waals surface area contributed by atoms with Crippen molar-refractivity contribution in [2.75, 3.05) is 51.3 Å². The van der Waals surface area contributed by atoms with Crippen molar-refractivity contribution in [3.8, 4) is 0 Å². The van der Waals surface area contributed by atoms with E-state index >= 15 is 0 Å². The van der Waals surface area contributed by atoms with Gasteiger partial charge in [-0.2, -0.15) is 0 Å². The highest BCUT2D eigenvalue weighted by Gasteiger charge is 2.29. The molecule has 4 heterocycles. The average Bonchev–Trinajstić information content (AvgIpc) is 3.16. The Morgan fingerprint density at radius 1 is 1.24 bits per heavy atom. The lowest BCUT2D eigenvalue weighted by molar-refractivity contribution is 0.0409. The van der Waals surface area contributed by atoms with Crippen molar-refractivity contribution >= 4 is 33.3 Å². The molecule has 2 amide bonds. The molecule has 134 valence electrons. The van der Waals surface area contributed by atoms with Gasteiger partial charge in [0.15, 0.2) is 0 Å². The number of thiophene rings is 1. The maximum absolute atomic E-state index is 12.7. The maximum atomic E-state index is 12.7. The summed E-state index contributed by atoms with van der Waals surface area (Å²) in [5.41, 5.74) is 2.35. The first-order chi connectivity index (χ1) is 12.2. The molecule has 0 spiro atoms. The molecule has 0 bridgehead atoms. The summed E-state index contributed by atoms with van der Waals surface area (Å²) >= 11 is 1.75. The molecule has 4 rings (SSSR count). The number of rotatable bonds is 2. The number of morpholine rings is 1. The van der Waals surface area contributed by atoms with E-state index in [4.69, 9.17) is 4.74 Å². The molecule has 0 unspecified atom stereocenters. The van der Waals surface area contributed by atoms with E-state index in [1.807, 2.05) is 23.0 Å². The molecule has 0 N–H and O–H groups in total. The number of pyridine rings is 1. The summed E-state index contributed by atoms with van der Waals surface area (Å²) in [5, 5.41) is 2.10. The number of piperidine rings is 1. The summed E-state index contributed by atoms with van der Waals surface area (Å²) < 4.78 is 6.61. The maximum Gasteiger partial charge on any atom is 0.320 e. The first kappa shape index (κ1) is 16.6. The Bertz CT molecular complexity index is 736. The number of hydrogen-bond acceptors (Lipinski definition) is 5. The van der Waals surface area contributed by atoms with Crippen molar-refractivity contribution in [1.29, 1.82) is 0 Å². The summed E-state index contributed by atoms with van der Waals surface area (Å²) in [7, 11) is 1.95. The normalized spacial score (nSPS) is 19.4. The second-order valence-corrected chi connectivity index (χ2v) is 7.59. The second kappa shape index (κ2) is 7.17. The van der Waals surface area contributed by atoms with E-state index in [9.17, 15) is 4.79 Å². The van der Waals surface area contributed by atoms with Crippen LogP contribution in [0.3, 0.4) is 0 Å². The monoisotopic (exact) mass is 360 g/mol. The number of nitrogens with zero attached hydrogens (tertiary/aromatic N) is 4. The van der Waals surface area contributed by atoms with Gasteiger partial charge in [0.05, 0.1) is 29.1 Å². The molecular formula is C18H24N4O2S. The zero-order valence-electron chi connectivity index (χ0n) is 14.6. The van der Waals surface area contributed by atoms with Gasteiger partial charge in [-0.3, -0.25) is 4.98 Å². The third kappa shape index (κ3) is 3.30. The van der Waals surface area contributed by atoms with Gasteiger partial charge in [-0.15, -0.1) is 11.3 Å². The van der Waals surface area contributed by atoms with Crippen LogP contribution in [0.4, 0.5) is 10.5 Å². The van der Waals surface area contributed by atoms with E-state index in [1.165, 1.54) is 10.4 Å². The molecule has 0 atom stereocenters. The van der Waals surface area contributed by atoms with Crippen LogP contribution in [0.5, 0.6) is 0 Å². The molecule has 0 aromatic carbocycles. The van der Waals surface area contributed by atoms with Crippen molar-refractivity contribution in [2.24, 2.45) is 0 Å². The molecule has 7 heteroatoms. The largest absolute Gasteiger partial charge is 0.378 e. The number of ether oxygens (including phenoxy) is 1. The van der Waals surface area contributed by atoms with Crippen molar-refractivity contribution in [2.45, 2.75) is 18.9 Å². The van der Waals surface area contributed by atoms with E-state index in [0.717, 1.165) is 31.4 Å². The minimum Gasteiger partial charge on any atom is -0.378 e. The molecule has 6 nitrogen and oxygen atoms in total. The summed E-state index contributed by atoms with van der Waals surface area (Å²) in [6.45, 7) is 4.66. The van der Waals surface area contributed by atoms with Crippen LogP contribution in [0, 0.1) is 0 Å². The molecule has 0 radical (unpaired) electrons. The highest BCUT2D eigenvalue weighted by Crippen LogP contribution is 2.32. The van der Waals surface area contributed by atoms with Crippen molar-refractivity contribution in [3.05, 3.63) is 23.7 Å². The fraction of sp³-hybridized carbons (Fsp3) is 0.556. The van der Waals surface area contributed by atoms with Gasteiger partial charge in [-0.25, -0.2) is 4.79 Å². The Morgan fingerprint density at radius 3 is 2.76 bits per heavy atom. The lowest BCUT2D eigenvalue weighted by Gasteiger charge is -2.40. The Kier molecular flexibility index (Phi) is 4.76. The first-order valence-corrected chi connectivity index (χ1v) is 9.78. The van der Waals surface area contributed by atoms with Gasteiger partial charge >= 0.3 is 6.03 Å². The van der Waals surface area contributed by atoms with Crippen molar-refractivity contribution in [3.63, 3.8) is 0 Å². The van der Waals surface area contributed by atoms with Gasteiger partial charge < -0.3 is 19.4 Å². The number of hydrogen-bond donors (Lipinski definition) is 0. The third-order valence-corrected chi connectivity index (χ3v) is 6.19. The Balaban J connectivity index is 1.39. The van der Waals surface area contributed by atoms with E-state index in [2.05, 4.69) is 27.4 Å². The fourth-order valence-electron chi connectivity index (χ4n) is 3.74. The van der Waals surface area contributed by atoms with Crippen LogP contribution in [-0.2, 0) is 4.74 Å². The number of fused-ring (bicyclic) bond motifs is 1. The van der Waals surface area contributed by atoms with Gasteiger partial charge in [-0.1, -0.05) is 0 Å². The van der Waals surface area contributed by atoms with E-state index in [-0.39, 0.29) is 6.03 Å². The molecule has 2 aliphatic heterocycles. The number of urea groups is 1. The van der Waals surface area contributed by atoms with Crippen LogP contribution in [0.25, 0.3) is 10.2 Å². The fourth-order valence-corrected chi connectivity index (χ4v) is 4.63. The molecule has 2 fully saturated rings. The summed E-state index contributed by atoms with van der Waals surface area (Å²) in [6, 6.07) is 4.64. The third-order valence-electron chi connectivity index (χ3n) is 5.26. The highest BCUT2D eigenvalue weighted by molar-refractivity contribution is 7.17. The van der Waals surface area contributed by atoms with Crippen molar-refractivity contribution < 1.29 is 9.53 Å². The lowest BCUT2D eigenvalue weighted by Crippen LogP contribution is -2.52. The first-order valence-electron chi connectivity index (χ1n) is 8.90. The van der Waals surface area contributed by atoms with Gasteiger partial charge in [0.25, 0.3) is 0 Å². The smallest absolute Gasteiger partial charge is 0.320 e. The van der Waals surface area contributed by atoms with E-state index in [1.54, 1.807) is 11.3 Å². The number of carbonyl (C=O) groups excluding carboxylic acids is 1. The van der Waals surface area contributed by atoms with Gasteiger partial charge in [0.1, 0.15) is 0 Å². The molecule has 2 aromatic rings. The summed E-state index contributed by atoms with van der Waals surface area (Å²) in [5.74, 6) is 0. The van der Waals surface area contributed by atoms with Crippen LogP contribution in [0.2, 0.25) is 0 Å². The molecule has 0 saturated carbocycles. The molecule has 2 aliphatic rings. The van der Waals surface area contributed by atoms with Gasteiger partial charge in [0, 0.05) is 45.5 Å². The zero-order valence-corrected chi connectivity index (χ0v) is 15.4. The molecule has 25 heavy (non-hydrogen) atoms. The topological polar surface area (TPSA) is 48.9 Å². The number of aromatic nitrogens is 1. The lowest BCUT2D eigenvalue weighted by atomic mass is 10.0. The Labute approximate surface area is 152 Å². The summed E-state index contributed by atoms with van der Waals surface area (Å²) in [6.07, 6.45) is 3.90. The van der Waals surface area contributed by atoms with E-state index in [0.29, 0.717) is 32.3 Å².